The van der Waals surface area contributed by atoms with Crippen molar-refractivity contribution in [1.29, 1.82) is 0 Å². The molecule has 92 valence electrons. The first kappa shape index (κ1) is 15.4. The Hall–Kier alpha value is 0.400. The summed E-state index contributed by atoms with van der Waals surface area (Å²) in [7, 11) is 1.78. The number of methoxy groups -OCH3 is 1. The van der Waals surface area contributed by atoms with E-state index in [4.69, 9.17) is 4.74 Å². The Labute approximate surface area is 103 Å². The second-order valence-electron chi connectivity index (χ2n) is 4.22. The standard InChI is InChI=1S/C12H26BrNO/c1-5-12(6-2)14(7-8-15-4)10-11(3)9-13/h11-12H,5-10H2,1-4H3. The van der Waals surface area contributed by atoms with Gasteiger partial charge < -0.3 is 4.74 Å². The van der Waals surface area contributed by atoms with E-state index in [1.54, 1.807) is 7.11 Å². The Morgan fingerprint density at radius 3 is 2.27 bits per heavy atom. The fourth-order valence-corrected chi connectivity index (χ4v) is 2.09. The van der Waals surface area contributed by atoms with E-state index in [0.29, 0.717) is 12.0 Å². The number of halogens is 1. The molecule has 15 heavy (non-hydrogen) atoms. The van der Waals surface area contributed by atoms with Crippen LogP contribution in [0.4, 0.5) is 0 Å². The van der Waals surface area contributed by atoms with Gasteiger partial charge in [-0.05, 0) is 18.8 Å². The quantitative estimate of drug-likeness (QED) is 0.602. The van der Waals surface area contributed by atoms with E-state index < -0.39 is 0 Å². The van der Waals surface area contributed by atoms with Crippen LogP contribution in [0.1, 0.15) is 33.6 Å². The molecule has 0 saturated carbocycles. The smallest absolute Gasteiger partial charge is 0.0589 e. The SMILES string of the molecule is CCC(CC)N(CCOC)CC(C)CBr. The molecule has 0 aromatic rings. The Balaban J connectivity index is 4.14. The van der Waals surface area contributed by atoms with E-state index in [1.165, 1.54) is 19.4 Å². The van der Waals surface area contributed by atoms with E-state index in [9.17, 15) is 0 Å². The largest absolute Gasteiger partial charge is 0.383 e. The normalized spacial score (nSPS) is 13.8. The molecule has 0 spiro atoms. The maximum atomic E-state index is 5.17. The second-order valence-corrected chi connectivity index (χ2v) is 4.87. The van der Waals surface area contributed by atoms with Crippen molar-refractivity contribution in [3.8, 4) is 0 Å². The third-order valence-electron chi connectivity index (χ3n) is 2.85. The van der Waals surface area contributed by atoms with Crippen LogP contribution in [-0.2, 0) is 4.74 Å². The fourth-order valence-electron chi connectivity index (χ4n) is 1.89. The minimum Gasteiger partial charge on any atom is -0.383 e. The van der Waals surface area contributed by atoms with Crippen molar-refractivity contribution < 1.29 is 4.74 Å². The molecule has 0 amide bonds. The molecule has 0 heterocycles. The number of ether oxygens (including phenoxy) is 1. The summed E-state index contributed by atoms with van der Waals surface area (Å²) < 4.78 is 5.17. The second kappa shape index (κ2) is 9.61. The number of alkyl halides is 1. The van der Waals surface area contributed by atoms with E-state index >= 15 is 0 Å². The summed E-state index contributed by atoms with van der Waals surface area (Å²) in [6.45, 7) is 9.89. The van der Waals surface area contributed by atoms with Gasteiger partial charge in [0.1, 0.15) is 0 Å². The van der Waals surface area contributed by atoms with E-state index in [-0.39, 0.29) is 0 Å². The van der Waals surface area contributed by atoms with Crippen molar-refractivity contribution in [3.05, 3.63) is 0 Å². The molecule has 1 unspecified atom stereocenters. The molecule has 0 aliphatic rings. The lowest BCUT2D eigenvalue weighted by Gasteiger charge is -2.32. The van der Waals surface area contributed by atoms with Gasteiger partial charge in [-0.1, -0.05) is 36.7 Å². The summed E-state index contributed by atoms with van der Waals surface area (Å²) in [6.07, 6.45) is 2.46. The summed E-state index contributed by atoms with van der Waals surface area (Å²) in [6, 6.07) is 0.710. The summed E-state index contributed by atoms with van der Waals surface area (Å²) in [4.78, 5) is 2.56. The van der Waals surface area contributed by atoms with Gasteiger partial charge in [0.2, 0.25) is 0 Å². The van der Waals surface area contributed by atoms with Crippen molar-refractivity contribution in [2.45, 2.75) is 39.7 Å². The monoisotopic (exact) mass is 279 g/mol. The average Bonchev–Trinajstić information content (AvgIpc) is 2.26. The van der Waals surface area contributed by atoms with Crippen molar-refractivity contribution >= 4 is 15.9 Å². The van der Waals surface area contributed by atoms with E-state index in [0.717, 1.165) is 18.5 Å². The van der Waals surface area contributed by atoms with Crippen LogP contribution >= 0.6 is 15.9 Å². The summed E-state index contributed by atoms with van der Waals surface area (Å²) in [5.74, 6) is 0.711. The van der Waals surface area contributed by atoms with Crippen molar-refractivity contribution in [2.75, 3.05) is 32.1 Å². The lowest BCUT2D eigenvalue weighted by molar-refractivity contribution is 0.106. The van der Waals surface area contributed by atoms with E-state index in [2.05, 4.69) is 41.6 Å². The average molecular weight is 280 g/mol. The molecule has 0 N–H and O–H groups in total. The van der Waals surface area contributed by atoms with Crippen LogP contribution in [0.2, 0.25) is 0 Å². The van der Waals surface area contributed by atoms with Crippen molar-refractivity contribution in [1.82, 2.24) is 4.90 Å². The summed E-state index contributed by atoms with van der Waals surface area (Å²) >= 11 is 3.55. The highest BCUT2D eigenvalue weighted by atomic mass is 79.9. The van der Waals surface area contributed by atoms with Crippen LogP contribution in [0.25, 0.3) is 0 Å². The summed E-state index contributed by atoms with van der Waals surface area (Å²) in [5.41, 5.74) is 0. The topological polar surface area (TPSA) is 12.5 Å². The van der Waals surface area contributed by atoms with Gasteiger partial charge in [-0.3, -0.25) is 4.90 Å². The number of hydrogen-bond acceptors (Lipinski definition) is 2. The number of rotatable bonds is 9. The zero-order valence-corrected chi connectivity index (χ0v) is 12.2. The maximum Gasteiger partial charge on any atom is 0.0589 e. The maximum absolute atomic E-state index is 5.17. The van der Waals surface area contributed by atoms with Crippen LogP contribution in [0.5, 0.6) is 0 Å². The third kappa shape index (κ3) is 6.54. The van der Waals surface area contributed by atoms with Crippen LogP contribution < -0.4 is 0 Å². The first-order valence-corrected chi connectivity index (χ1v) is 7.10. The molecule has 0 radical (unpaired) electrons. The molecular weight excluding hydrogens is 254 g/mol. The van der Waals surface area contributed by atoms with Gasteiger partial charge in [0, 0.05) is 31.6 Å². The molecule has 0 saturated heterocycles. The zero-order chi connectivity index (χ0) is 11.7. The van der Waals surface area contributed by atoms with Gasteiger partial charge in [0.15, 0.2) is 0 Å². The van der Waals surface area contributed by atoms with E-state index in [1.807, 2.05) is 0 Å². The van der Waals surface area contributed by atoms with Gasteiger partial charge in [-0.15, -0.1) is 0 Å². The molecule has 0 bridgehead atoms. The van der Waals surface area contributed by atoms with Crippen molar-refractivity contribution in [2.24, 2.45) is 5.92 Å². The fraction of sp³-hybridized carbons (Fsp3) is 1.00. The highest BCUT2D eigenvalue weighted by Gasteiger charge is 2.16. The third-order valence-corrected chi connectivity index (χ3v) is 3.96. The van der Waals surface area contributed by atoms with Gasteiger partial charge in [-0.2, -0.15) is 0 Å². The minimum absolute atomic E-state index is 0.710. The molecule has 0 aliphatic heterocycles. The Bertz CT molecular complexity index is 140. The van der Waals surface area contributed by atoms with Gasteiger partial charge in [0.05, 0.1) is 6.61 Å². The Morgan fingerprint density at radius 1 is 1.27 bits per heavy atom. The molecule has 2 nitrogen and oxygen atoms in total. The molecule has 0 rings (SSSR count). The number of hydrogen-bond donors (Lipinski definition) is 0. The minimum atomic E-state index is 0.710. The van der Waals surface area contributed by atoms with Gasteiger partial charge in [0.25, 0.3) is 0 Å². The Kier molecular flexibility index (Phi) is 9.87. The molecule has 0 aromatic carbocycles. The Morgan fingerprint density at radius 2 is 1.87 bits per heavy atom. The van der Waals surface area contributed by atoms with Gasteiger partial charge in [-0.25, -0.2) is 0 Å². The first-order chi connectivity index (χ1) is 7.19. The molecule has 0 aromatic heterocycles. The molecule has 0 aliphatic carbocycles. The van der Waals surface area contributed by atoms with Gasteiger partial charge >= 0.3 is 0 Å². The van der Waals surface area contributed by atoms with Crippen LogP contribution in [0.3, 0.4) is 0 Å². The van der Waals surface area contributed by atoms with Crippen LogP contribution in [0.15, 0.2) is 0 Å². The predicted octanol–water partition coefficient (Wildman–Crippen LogP) is 3.15. The number of nitrogens with zero attached hydrogens (tertiary/aromatic N) is 1. The zero-order valence-electron chi connectivity index (χ0n) is 10.6. The highest BCUT2D eigenvalue weighted by molar-refractivity contribution is 9.09. The predicted molar refractivity (Wildman–Crippen MR) is 70.8 cm³/mol. The molecular formula is C12H26BrNO. The van der Waals surface area contributed by atoms with Crippen molar-refractivity contribution in [3.63, 3.8) is 0 Å². The highest BCUT2D eigenvalue weighted by Crippen LogP contribution is 2.12. The first-order valence-electron chi connectivity index (χ1n) is 5.98. The van der Waals surface area contributed by atoms with Crippen LogP contribution in [0, 0.1) is 5.92 Å². The molecule has 1 atom stereocenters. The lowest BCUT2D eigenvalue weighted by atomic mass is 10.1. The molecule has 0 fully saturated rings. The molecule has 3 heteroatoms. The summed E-state index contributed by atoms with van der Waals surface area (Å²) in [5, 5.41) is 1.08. The lowest BCUT2D eigenvalue weighted by Crippen LogP contribution is -2.40. The van der Waals surface area contributed by atoms with Crippen LogP contribution in [-0.4, -0.2) is 43.1 Å².